The van der Waals surface area contributed by atoms with Gasteiger partial charge in [0.05, 0.1) is 6.33 Å². The van der Waals surface area contributed by atoms with Crippen molar-refractivity contribution in [2.75, 3.05) is 13.2 Å². The second kappa shape index (κ2) is 8.95. The molecule has 1 aromatic carbocycles. The quantitative estimate of drug-likeness (QED) is 0.404. The summed E-state index contributed by atoms with van der Waals surface area (Å²) in [7, 11) is 2.98. The van der Waals surface area contributed by atoms with Gasteiger partial charge in [0.15, 0.2) is 11.2 Å². The van der Waals surface area contributed by atoms with Crippen LogP contribution in [0.4, 0.5) is 0 Å². The molecule has 0 atom stereocenters. The minimum Gasteiger partial charge on any atom is -0.490 e. The number of fused-ring (bicyclic) bond motifs is 1. The number of rotatable bonds is 8. The summed E-state index contributed by atoms with van der Waals surface area (Å²) < 4.78 is 14.6. The van der Waals surface area contributed by atoms with E-state index in [9.17, 15) is 14.4 Å². The first-order valence-corrected chi connectivity index (χ1v) is 9.41. The maximum atomic E-state index is 12.4. The van der Waals surface area contributed by atoms with Gasteiger partial charge in [0, 0.05) is 32.1 Å². The number of imidazole rings is 1. The van der Waals surface area contributed by atoms with Crippen LogP contribution in [0, 0.1) is 0 Å². The van der Waals surface area contributed by atoms with E-state index in [4.69, 9.17) is 21.1 Å². The molecule has 0 saturated heterocycles. The number of halogens is 1. The third kappa shape index (κ3) is 4.68. The van der Waals surface area contributed by atoms with Gasteiger partial charge in [-0.1, -0.05) is 11.6 Å². The van der Waals surface area contributed by atoms with Crippen molar-refractivity contribution in [3.8, 4) is 5.75 Å². The van der Waals surface area contributed by atoms with E-state index in [-0.39, 0.29) is 25.6 Å². The van der Waals surface area contributed by atoms with Crippen molar-refractivity contribution in [1.29, 1.82) is 0 Å². The van der Waals surface area contributed by atoms with Crippen molar-refractivity contribution in [2.45, 2.75) is 19.4 Å². The zero-order chi connectivity index (χ0) is 21.0. The first kappa shape index (κ1) is 20.7. The molecule has 0 N–H and O–H groups in total. The van der Waals surface area contributed by atoms with Crippen LogP contribution in [0.15, 0.2) is 40.2 Å². The number of esters is 1. The van der Waals surface area contributed by atoms with Gasteiger partial charge in [-0.25, -0.2) is 9.78 Å². The first-order valence-electron chi connectivity index (χ1n) is 9.03. The van der Waals surface area contributed by atoms with Crippen molar-refractivity contribution in [3.63, 3.8) is 0 Å². The molecule has 2 aromatic heterocycles. The lowest BCUT2D eigenvalue weighted by molar-refractivity contribution is -0.144. The average molecular weight is 421 g/mol. The van der Waals surface area contributed by atoms with Gasteiger partial charge in [0.25, 0.3) is 5.56 Å². The second-order valence-corrected chi connectivity index (χ2v) is 6.88. The molecule has 0 aliphatic heterocycles. The Balaban J connectivity index is 1.47. The Morgan fingerprint density at radius 1 is 1.10 bits per heavy atom. The average Bonchev–Trinajstić information content (AvgIpc) is 3.13. The van der Waals surface area contributed by atoms with Crippen LogP contribution in [-0.2, 0) is 30.2 Å². The van der Waals surface area contributed by atoms with E-state index in [2.05, 4.69) is 4.98 Å². The highest BCUT2D eigenvalue weighted by Gasteiger charge is 2.14. The number of ether oxygens (including phenoxy) is 2. The zero-order valence-electron chi connectivity index (χ0n) is 16.1. The molecule has 3 rings (SSSR count). The Bertz CT molecular complexity index is 1130. The van der Waals surface area contributed by atoms with Gasteiger partial charge >= 0.3 is 11.7 Å². The van der Waals surface area contributed by atoms with E-state index < -0.39 is 11.2 Å². The van der Waals surface area contributed by atoms with Crippen LogP contribution in [0.5, 0.6) is 5.75 Å². The topological polar surface area (TPSA) is 97.3 Å². The fourth-order valence-corrected chi connectivity index (χ4v) is 3.00. The first-order chi connectivity index (χ1) is 13.9. The number of hydrogen-bond donors (Lipinski definition) is 0. The van der Waals surface area contributed by atoms with E-state index >= 15 is 0 Å². The Hall–Kier alpha value is -3.07. The smallest absolute Gasteiger partial charge is 0.332 e. The van der Waals surface area contributed by atoms with Gasteiger partial charge in [-0.3, -0.25) is 18.7 Å². The SMILES string of the molecule is Cn1c(=O)c2c(ncn2CCCC(=O)OCCOc2ccc(Cl)cc2)n(C)c1=O. The molecule has 29 heavy (non-hydrogen) atoms. The summed E-state index contributed by atoms with van der Waals surface area (Å²) in [6, 6.07) is 6.90. The van der Waals surface area contributed by atoms with Crippen molar-refractivity contribution in [2.24, 2.45) is 14.1 Å². The Morgan fingerprint density at radius 2 is 1.83 bits per heavy atom. The molecule has 10 heteroatoms. The monoisotopic (exact) mass is 420 g/mol. The molecule has 0 bridgehead atoms. The fourth-order valence-electron chi connectivity index (χ4n) is 2.88. The molecule has 9 nitrogen and oxygen atoms in total. The third-order valence-electron chi connectivity index (χ3n) is 4.43. The molecule has 0 fully saturated rings. The molecular formula is C19H21ClN4O5. The van der Waals surface area contributed by atoms with Gasteiger partial charge in [0.2, 0.25) is 0 Å². The summed E-state index contributed by atoms with van der Waals surface area (Å²) in [6.07, 6.45) is 2.15. The minimum absolute atomic E-state index is 0.137. The number of aromatic nitrogens is 4. The van der Waals surface area contributed by atoms with Gasteiger partial charge < -0.3 is 14.0 Å². The molecule has 0 unspecified atom stereocenters. The highest BCUT2D eigenvalue weighted by molar-refractivity contribution is 6.30. The molecule has 0 radical (unpaired) electrons. The van der Waals surface area contributed by atoms with Gasteiger partial charge in [-0.15, -0.1) is 0 Å². The number of hydrogen-bond acceptors (Lipinski definition) is 6. The summed E-state index contributed by atoms with van der Waals surface area (Å²) >= 11 is 5.80. The third-order valence-corrected chi connectivity index (χ3v) is 4.68. The maximum absolute atomic E-state index is 12.4. The standard InChI is InChI=1S/C19H21ClN4O5/c1-22-17-16(18(26)23(2)19(22)27)24(12-21-17)9-3-4-15(25)29-11-10-28-14-7-5-13(20)6-8-14/h5-8,12H,3-4,9-11H2,1-2H3. The van der Waals surface area contributed by atoms with Crippen LogP contribution in [-0.4, -0.2) is 37.9 Å². The van der Waals surface area contributed by atoms with Crippen molar-refractivity contribution in [3.05, 3.63) is 56.5 Å². The van der Waals surface area contributed by atoms with Crippen molar-refractivity contribution < 1.29 is 14.3 Å². The zero-order valence-corrected chi connectivity index (χ0v) is 16.9. The number of benzene rings is 1. The largest absolute Gasteiger partial charge is 0.490 e. The van der Waals surface area contributed by atoms with Crippen LogP contribution in [0.2, 0.25) is 5.02 Å². The van der Waals surface area contributed by atoms with Crippen LogP contribution >= 0.6 is 11.6 Å². The Kier molecular flexibility index (Phi) is 6.38. The Labute approximate surface area is 171 Å². The van der Waals surface area contributed by atoms with E-state index in [0.29, 0.717) is 34.9 Å². The van der Waals surface area contributed by atoms with Crippen LogP contribution in [0.1, 0.15) is 12.8 Å². The minimum atomic E-state index is -0.433. The van der Waals surface area contributed by atoms with Crippen molar-refractivity contribution in [1.82, 2.24) is 18.7 Å². The van der Waals surface area contributed by atoms with Crippen LogP contribution < -0.4 is 16.0 Å². The van der Waals surface area contributed by atoms with Gasteiger partial charge in [-0.2, -0.15) is 0 Å². The second-order valence-electron chi connectivity index (χ2n) is 6.44. The molecule has 3 aromatic rings. The van der Waals surface area contributed by atoms with Crippen molar-refractivity contribution >= 4 is 28.7 Å². The van der Waals surface area contributed by atoms with Gasteiger partial charge in [0.1, 0.15) is 19.0 Å². The summed E-state index contributed by atoms with van der Waals surface area (Å²) in [5.41, 5.74) is -0.195. The van der Waals surface area contributed by atoms with E-state index in [1.54, 1.807) is 35.9 Å². The van der Waals surface area contributed by atoms with Crippen LogP contribution in [0.25, 0.3) is 11.2 Å². The van der Waals surface area contributed by atoms with Crippen LogP contribution in [0.3, 0.4) is 0 Å². The summed E-state index contributed by atoms with van der Waals surface area (Å²) in [4.78, 5) is 40.3. The molecule has 2 heterocycles. The molecule has 0 aliphatic rings. The van der Waals surface area contributed by atoms with Gasteiger partial charge in [-0.05, 0) is 30.7 Å². The molecule has 0 saturated carbocycles. The summed E-state index contributed by atoms with van der Waals surface area (Å²) in [5, 5.41) is 0.620. The number of carbonyl (C=O) groups excluding carboxylic acids is 1. The lowest BCUT2D eigenvalue weighted by Gasteiger charge is -2.08. The molecule has 154 valence electrons. The normalized spacial score (nSPS) is 11.0. The molecular weight excluding hydrogens is 400 g/mol. The van der Waals surface area contributed by atoms with E-state index in [1.807, 2.05) is 0 Å². The molecule has 0 aliphatic carbocycles. The van der Waals surface area contributed by atoms with E-state index in [0.717, 1.165) is 4.57 Å². The maximum Gasteiger partial charge on any atom is 0.332 e. The number of carbonyl (C=O) groups is 1. The van der Waals surface area contributed by atoms with E-state index in [1.165, 1.54) is 17.9 Å². The highest BCUT2D eigenvalue weighted by Crippen LogP contribution is 2.15. The number of nitrogens with zero attached hydrogens (tertiary/aromatic N) is 4. The summed E-state index contributed by atoms with van der Waals surface area (Å²) in [5.74, 6) is 0.294. The molecule has 0 amide bonds. The fraction of sp³-hybridized carbons (Fsp3) is 0.368. The number of aryl methyl sites for hydroxylation is 2. The molecule has 0 spiro atoms. The summed E-state index contributed by atoms with van der Waals surface area (Å²) in [6.45, 7) is 0.780. The lowest BCUT2D eigenvalue weighted by atomic mass is 10.3. The predicted molar refractivity (Wildman–Crippen MR) is 107 cm³/mol. The lowest BCUT2D eigenvalue weighted by Crippen LogP contribution is -2.37. The Morgan fingerprint density at radius 3 is 2.55 bits per heavy atom. The highest BCUT2D eigenvalue weighted by atomic mass is 35.5. The predicted octanol–water partition coefficient (Wildman–Crippen LogP) is 1.49.